The maximum absolute atomic E-state index is 13.8. The summed E-state index contributed by atoms with van der Waals surface area (Å²) < 4.78 is 9.60. The van der Waals surface area contributed by atoms with E-state index in [0.29, 0.717) is 13.1 Å². The van der Waals surface area contributed by atoms with Crippen molar-refractivity contribution in [2.75, 3.05) is 27.3 Å². The number of rotatable bonds is 11. The quantitative estimate of drug-likeness (QED) is 0.103. The number of amides is 4. The number of benzene rings is 3. The van der Waals surface area contributed by atoms with Crippen LogP contribution in [0.15, 0.2) is 66.7 Å². The lowest BCUT2D eigenvalue weighted by Crippen LogP contribution is -2.51. The number of fused-ring (bicyclic) bond motifs is 1. The van der Waals surface area contributed by atoms with Crippen molar-refractivity contribution in [3.8, 4) is 33.5 Å². The van der Waals surface area contributed by atoms with Crippen LogP contribution in [0.3, 0.4) is 0 Å². The maximum atomic E-state index is 13.8. The largest absolute Gasteiger partial charge is 0.453 e. The van der Waals surface area contributed by atoms with Crippen molar-refractivity contribution in [1.29, 1.82) is 0 Å². The number of likely N-dealkylation sites (tertiary alicyclic amines) is 2. The van der Waals surface area contributed by atoms with Gasteiger partial charge in [-0.1, -0.05) is 96.1 Å². The fourth-order valence-corrected chi connectivity index (χ4v) is 8.82. The monoisotopic (exact) mass is 830 g/mol. The SMILES string of the molecule is COC(=O)N[C@H](C(=O)N1C[C@@H](C)C[C@@H]1c1nc2ccc(-c3ccc(-c4ccc(-c5nc([C@@H]6C[C@H](C)CN6C(=O)[C@@H](NC(=O)OC)C(C)C)[nH]c5C)cc4)cc3)cc2[nH]1)C(C)C. The topological polar surface area (TPSA) is 175 Å². The number of hydrogen-bond donors (Lipinski definition) is 4. The summed E-state index contributed by atoms with van der Waals surface area (Å²) in [6.45, 7) is 15.1. The van der Waals surface area contributed by atoms with Gasteiger partial charge in [0.1, 0.15) is 23.7 Å². The van der Waals surface area contributed by atoms with Crippen LogP contribution in [0.1, 0.15) is 83.8 Å². The average Bonchev–Trinajstić information content (AvgIpc) is 4.05. The zero-order valence-electron chi connectivity index (χ0n) is 36.5. The Hall–Kier alpha value is -6.18. The van der Waals surface area contributed by atoms with Crippen LogP contribution in [-0.4, -0.2) is 93.1 Å². The number of nitrogens with zero attached hydrogens (tertiary/aromatic N) is 4. The van der Waals surface area contributed by atoms with E-state index >= 15 is 0 Å². The molecule has 3 aromatic carbocycles. The molecule has 322 valence electrons. The van der Waals surface area contributed by atoms with Gasteiger partial charge in [-0.25, -0.2) is 19.6 Å². The van der Waals surface area contributed by atoms with Gasteiger partial charge in [0.25, 0.3) is 0 Å². The lowest BCUT2D eigenvalue weighted by molar-refractivity contribution is -0.136. The van der Waals surface area contributed by atoms with Crippen molar-refractivity contribution >= 4 is 35.0 Å². The third kappa shape index (κ3) is 8.99. The first-order valence-corrected chi connectivity index (χ1v) is 21.2. The molecule has 14 nitrogen and oxygen atoms in total. The number of aryl methyl sites for hydroxylation is 1. The Morgan fingerprint density at radius 3 is 1.52 bits per heavy atom. The third-order valence-corrected chi connectivity index (χ3v) is 12.1. The molecule has 61 heavy (non-hydrogen) atoms. The number of ether oxygens (including phenoxy) is 2. The van der Waals surface area contributed by atoms with Crippen molar-refractivity contribution in [2.24, 2.45) is 23.7 Å². The van der Waals surface area contributed by atoms with E-state index in [0.717, 1.165) is 74.7 Å². The highest BCUT2D eigenvalue weighted by molar-refractivity contribution is 5.88. The van der Waals surface area contributed by atoms with E-state index < -0.39 is 24.3 Å². The molecule has 14 heteroatoms. The van der Waals surface area contributed by atoms with Crippen LogP contribution in [-0.2, 0) is 19.1 Å². The van der Waals surface area contributed by atoms with Crippen LogP contribution < -0.4 is 10.6 Å². The third-order valence-electron chi connectivity index (χ3n) is 12.1. The van der Waals surface area contributed by atoms with Crippen molar-refractivity contribution in [2.45, 2.75) is 85.5 Å². The number of hydrogen-bond acceptors (Lipinski definition) is 8. The molecule has 0 bridgehead atoms. The van der Waals surface area contributed by atoms with Gasteiger partial charge >= 0.3 is 12.2 Å². The first-order chi connectivity index (χ1) is 29.1. The summed E-state index contributed by atoms with van der Waals surface area (Å²) in [4.78, 5) is 72.3. The predicted octanol–water partition coefficient (Wildman–Crippen LogP) is 8.18. The molecule has 7 rings (SSSR count). The molecule has 2 saturated heterocycles. The number of H-pyrrole nitrogens is 2. The number of nitrogens with one attached hydrogen (secondary N) is 4. The summed E-state index contributed by atoms with van der Waals surface area (Å²) in [5, 5.41) is 5.45. The molecule has 0 unspecified atom stereocenters. The second-order valence-electron chi connectivity index (χ2n) is 17.5. The summed E-state index contributed by atoms with van der Waals surface area (Å²) in [7, 11) is 2.59. The van der Waals surface area contributed by atoms with Crippen LogP contribution in [0, 0.1) is 30.6 Å². The number of carbonyl (C=O) groups is 4. The second kappa shape index (κ2) is 17.8. The average molecular weight is 831 g/mol. The Bertz CT molecular complexity index is 2390. The van der Waals surface area contributed by atoms with Gasteiger partial charge in [-0.05, 0) is 77.8 Å². The maximum Gasteiger partial charge on any atom is 0.407 e. The smallest absolute Gasteiger partial charge is 0.407 e. The first-order valence-electron chi connectivity index (χ1n) is 21.2. The minimum atomic E-state index is -0.702. The molecule has 2 aliphatic rings. The van der Waals surface area contributed by atoms with Crippen molar-refractivity contribution < 1.29 is 28.7 Å². The number of aromatic amines is 2. The zero-order chi connectivity index (χ0) is 43.7. The Kier molecular flexibility index (Phi) is 12.5. The van der Waals surface area contributed by atoms with Crippen LogP contribution in [0.25, 0.3) is 44.5 Å². The molecule has 2 fully saturated rings. The van der Waals surface area contributed by atoms with Crippen LogP contribution in [0.5, 0.6) is 0 Å². The molecular weight excluding hydrogens is 773 g/mol. The summed E-state index contributed by atoms with van der Waals surface area (Å²) >= 11 is 0. The minimum Gasteiger partial charge on any atom is -0.453 e. The highest BCUT2D eigenvalue weighted by Crippen LogP contribution is 2.38. The van der Waals surface area contributed by atoms with Gasteiger partial charge in [-0.15, -0.1) is 0 Å². The molecule has 2 aromatic heterocycles. The standard InChI is InChI=1S/C47H58N8O6/c1-25(2)39(52-46(58)60-8)44(56)54-23-27(5)20-37(54)42-48-29(7)41(51-42)33-16-14-31(15-17-33)30-10-12-32(13-11-30)34-18-19-35-36(22-34)50-43(49-35)38-21-28(6)24-55(38)45(57)40(26(3)4)53-47(59)61-9/h10-19,22,25-28,37-40H,20-21,23-24H2,1-9H3,(H,48,51)(H,49,50)(H,52,58)(H,53,59)/t27-,28-,37-,38+,39-,40-/m0/s1. The molecule has 0 radical (unpaired) electrons. The van der Waals surface area contributed by atoms with Crippen LogP contribution in [0.2, 0.25) is 0 Å². The summed E-state index contributed by atoms with van der Waals surface area (Å²) in [5.74, 6) is 1.52. The Morgan fingerprint density at radius 1 is 0.639 bits per heavy atom. The van der Waals surface area contributed by atoms with E-state index in [1.807, 2.05) is 50.5 Å². The molecule has 0 aliphatic carbocycles. The molecule has 5 aromatic rings. The number of imidazole rings is 2. The molecule has 4 amide bonds. The zero-order valence-corrected chi connectivity index (χ0v) is 36.5. The highest BCUT2D eigenvalue weighted by atomic mass is 16.5. The lowest BCUT2D eigenvalue weighted by atomic mass is 9.99. The minimum absolute atomic E-state index is 0.116. The Balaban J connectivity index is 1.05. The summed E-state index contributed by atoms with van der Waals surface area (Å²) in [6, 6.07) is 21.1. The van der Waals surface area contributed by atoms with Crippen molar-refractivity contribution in [3.63, 3.8) is 0 Å². The van der Waals surface area contributed by atoms with Gasteiger partial charge in [0, 0.05) is 24.3 Å². The van der Waals surface area contributed by atoms with Gasteiger partial charge in [0.15, 0.2) is 0 Å². The second-order valence-corrected chi connectivity index (χ2v) is 17.5. The van der Waals surface area contributed by atoms with Crippen LogP contribution >= 0.6 is 0 Å². The van der Waals surface area contributed by atoms with E-state index in [9.17, 15) is 19.2 Å². The van der Waals surface area contributed by atoms with Gasteiger partial charge in [-0.2, -0.15) is 0 Å². The van der Waals surface area contributed by atoms with Crippen LogP contribution in [0.4, 0.5) is 9.59 Å². The normalized spacial score (nSPS) is 20.0. The molecule has 0 saturated carbocycles. The van der Waals surface area contributed by atoms with E-state index in [-0.39, 0.29) is 47.6 Å². The van der Waals surface area contributed by atoms with Gasteiger partial charge < -0.3 is 39.9 Å². The summed E-state index contributed by atoms with van der Waals surface area (Å²) in [5.41, 5.74) is 8.70. The van der Waals surface area contributed by atoms with Crippen molar-refractivity contribution in [3.05, 3.63) is 84.1 Å². The van der Waals surface area contributed by atoms with E-state index in [1.54, 1.807) is 0 Å². The fraction of sp³-hybridized carbons (Fsp3) is 0.447. The highest BCUT2D eigenvalue weighted by Gasteiger charge is 2.42. The molecule has 4 heterocycles. The molecule has 6 atom stereocenters. The molecule has 0 spiro atoms. The Labute approximate surface area is 357 Å². The van der Waals surface area contributed by atoms with E-state index in [2.05, 4.69) is 95.1 Å². The molecule has 2 aliphatic heterocycles. The fourth-order valence-electron chi connectivity index (χ4n) is 8.82. The summed E-state index contributed by atoms with van der Waals surface area (Å²) in [6.07, 6.45) is 0.289. The number of methoxy groups -OCH3 is 2. The van der Waals surface area contributed by atoms with E-state index in [1.165, 1.54) is 14.2 Å². The van der Waals surface area contributed by atoms with Crippen molar-refractivity contribution in [1.82, 2.24) is 40.4 Å². The molecular formula is C47H58N8O6. The van der Waals surface area contributed by atoms with E-state index in [4.69, 9.17) is 19.4 Å². The van der Waals surface area contributed by atoms with Gasteiger partial charge in [0.05, 0.1) is 43.0 Å². The number of aromatic nitrogens is 4. The Morgan fingerprint density at radius 2 is 1.07 bits per heavy atom. The number of alkyl carbamates (subject to hydrolysis) is 2. The van der Waals surface area contributed by atoms with Gasteiger partial charge in [0.2, 0.25) is 11.8 Å². The predicted molar refractivity (Wildman–Crippen MR) is 234 cm³/mol. The number of carbonyl (C=O) groups excluding carboxylic acids is 4. The first kappa shape index (κ1) is 42.9. The molecule has 4 N–H and O–H groups in total. The van der Waals surface area contributed by atoms with Gasteiger partial charge in [-0.3, -0.25) is 9.59 Å². The lowest BCUT2D eigenvalue weighted by Gasteiger charge is -2.30.